The van der Waals surface area contributed by atoms with Crippen molar-refractivity contribution in [2.24, 2.45) is 4.99 Å². The summed E-state index contributed by atoms with van der Waals surface area (Å²) < 4.78 is 6.39. The molecule has 9 nitrogen and oxygen atoms in total. The molecule has 1 saturated heterocycles. The van der Waals surface area contributed by atoms with Crippen molar-refractivity contribution in [1.82, 2.24) is 34.3 Å². The number of piperazine rings is 1. The minimum Gasteiger partial charge on any atom is -0.357 e. The monoisotopic (exact) mass is 425 g/mol. The van der Waals surface area contributed by atoms with Crippen molar-refractivity contribution in [3.05, 3.63) is 48.3 Å². The highest BCUT2D eigenvalue weighted by atomic mass is 32.1. The van der Waals surface area contributed by atoms with E-state index in [2.05, 4.69) is 48.5 Å². The van der Waals surface area contributed by atoms with Crippen molar-refractivity contribution in [2.75, 3.05) is 37.6 Å². The fourth-order valence-corrected chi connectivity index (χ4v) is 4.17. The van der Waals surface area contributed by atoms with E-state index in [0.717, 1.165) is 67.6 Å². The van der Waals surface area contributed by atoms with Crippen molar-refractivity contribution >= 4 is 22.6 Å². The topological polar surface area (TPSA) is 87.4 Å². The molecule has 1 N–H and O–H groups in total. The van der Waals surface area contributed by atoms with Crippen LogP contribution in [0.4, 0.5) is 5.13 Å². The number of guanidine groups is 1. The molecule has 1 aliphatic rings. The summed E-state index contributed by atoms with van der Waals surface area (Å²) in [6, 6.07) is 10.1. The molecule has 0 aliphatic carbocycles. The van der Waals surface area contributed by atoms with Crippen molar-refractivity contribution in [2.45, 2.75) is 26.8 Å². The van der Waals surface area contributed by atoms with Crippen LogP contribution in [-0.2, 0) is 13.0 Å². The highest BCUT2D eigenvalue weighted by Gasteiger charge is 2.22. The fourth-order valence-electron chi connectivity index (χ4n) is 3.37. The van der Waals surface area contributed by atoms with E-state index >= 15 is 0 Å². The molecule has 158 valence electrons. The number of aromatic nitrogens is 5. The van der Waals surface area contributed by atoms with E-state index in [1.165, 1.54) is 11.5 Å². The Bertz CT molecular complexity index is 958. The maximum Gasteiger partial charge on any atom is 0.205 e. The van der Waals surface area contributed by atoms with E-state index in [9.17, 15) is 0 Å². The Balaban J connectivity index is 1.42. The van der Waals surface area contributed by atoms with Gasteiger partial charge in [0.05, 0.1) is 0 Å². The molecule has 30 heavy (non-hydrogen) atoms. The molecule has 2 aromatic heterocycles. The molecule has 4 rings (SSSR count). The maximum absolute atomic E-state index is 4.85. The van der Waals surface area contributed by atoms with Crippen LogP contribution in [0.1, 0.15) is 25.5 Å². The molecule has 0 spiro atoms. The lowest BCUT2D eigenvalue weighted by atomic mass is 10.3. The zero-order chi connectivity index (χ0) is 20.8. The van der Waals surface area contributed by atoms with Gasteiger partial charge in [0, 0.05) is 56.4 Å². The third-order valence-corrected chi connectivity index (χ3v) is 5.80. The smallest absolute Gasteiger partial charge is 0.205 e. The van der Waals surface area contributed by atoms with Crippen LogP contribution in [0.25, 0.3) is 5.69 Å². The second kappa shape index (κ2) is 9.66. The van der Waals surface area contributed by atoms with Gasteiger partial charge in [-0.25, -0.2) is 9.98 Å². The molecular weight excluding hydrogens is 398 g/mol. The van der Waals surface area contributed by atoms with Crippen LogP contribution in [0, 0.1) is 0 Å². The van der Waals surface area contributed by atoms with Crippen LogP contribution in [0.15, 0.2) is 41.7 Å². The molecular formula is C20H27N9S. The van der Waals surface area contributed by atoms with Gasteiger partial charge in [-0.15, -0.1) is 10.2 Å². The molecule has 0 atom stereocenters. The molecule has 3 aromatic rings. The molecule has 10 heteroatoms. The predicted molar refractivity (Wildman–Crippen MR) is 119 cm³/mol. The summed E-state index contributed by atoms with van der Waals surface area (Å²) in [7, 11) is 0. The van der Waals surface area contributed by atoms with Gasteiger partial charge >= 0.3 is 0 Å². The molecule has 1 fully saturated rings. The first-order valence-corrected chi connectivity index (χ1v) is 11.1. The standard InChI is InChI=1S/C20H27N9S/c1-3-17-24-20(30-26-17)28-12-10-27(11-13-28)19(21-4-2)22-14-18-25-23-15-29(18)16-8-6-5-7-9-16/h5-9,15H,3-4,10-14H2,1-2H3,(H,21,22). The second-order valence-corrected chi connectivity index (χ2v) is 7.67. The van der Waals surface area contributed by atoms with Crippen LogP contribution in [-0.4, -0.2) is 67.7 Å². The van der Waals surface area contributed by atoms with Crippen molar-refractivity contribution < 1.29 is 0 Å². The van der Waals surface area contributed by atoms with E-state index in [0.29, 0.717) is 6.54 Å². The number of anilines is 1. The summed E-state index contributed by atoms with van der Waals surface area (Å²) in [5, 5.41) is 12.8. The van der Waals surface area contributed by atoms with Crippen molar-refractivity contribution in [1.29, 1.82) is 0 Å². The minimum absolute atomic E-state index is 0.466. The zero-order valence-corrected chi connectivity index (χ0v) is 18.2. The van der Waals surface area contributed by atoms with Gasteiger partial charge in [0.2, 0.25) is 5.13 Å². The first-order chi connectivity index (χ1) is 14.8. The summed E-state index contributed by atoms with van der Waals surface area (Å²) in [6.45, 7) is 9.05. The Morgan fingerprint density at radius 3 is 2.63 bits per heavy atom. The van der Waals surface area contributed by atoms with E-state index < -0.39 is 0 Å². The van der Waals surface area contributed by atoms with Gasteiger partial charge in [-0.05, 0) is 19.1 Å². The Labute approximate surface area is 180 Å². The molecule has 1 aliphatic heterocycles. The quantitative estimate of drug-likeness (QED) is 0.477. The Hall–Kier alpha value is -3.01. The largest absolute Gasteiger partial charge is 0.357 e. The average Bonchev–Trinajstić information content (AvgIpc) is 3.47. The van der Waals surface area contributed by atoms with Gasteiger partial charge in [0.1, 0.15) is 18.7 Å². The first kappa shape index (κ1) is 20.3. The van der Waals surface area contributed by atoms with Gasteiger partial charge in [-0.2, -0.15) is 4.37 Å². The van der Waals surface area contributed by atoms with Crippen LogP contribution >= 0.6 is 11.5 Å². The van der Waals surface area contributed by atoms with E-state index in [1.54, 1.807) is 6.33 Å². The molecule has 0 saturated carbocycles. The molecule has 3 heterocycles. The number of nitrogens with one attached hydrogen (secondary N) is 1. The number of nitrogens with zero attached hydrogens (tertiary/aromatic N) is 8. The number of aryl methyl sites for hydroxylation is 1. The highest BCUT2D eigenvalue weighted by molar-refractivity contribution is 7.09. The summed E-state index contributed by atoms with van der Waals surface area (Å²) in [4.78, 5) is 14.1. The molecule has 0 radical (unpaired) electrons. The fraction of sp³-hybridized carbons (Fsp3) is 0.450. The Kier molecular flexibility index (Phi) is 6.53. The third kappa shape index (κ3) is 4.59. The average molecular weight is 426 g/mol. The van der Waals surface area contributed by atoms with Gasteiger partial charge in [-0.1, -0.05) is 25.1 Å². The SMILES string of the molecule is CCNC(=NCc1nncn1-c1ccccc1)N1CCN(c2nc(CC)ns2)CC1. The minimum atomic E-state index is 0.466. The van der Waals surface area contributed by atoms with Crippen LogP contribution in [0.3, 0.4) is 0 Å². The number of aliphatic imine (C=N–C) groups is 1. The summed E-state index contributed by atoms with van der Waals surface area (Å²) in [6.07, 6.45) is 2.61. The van der Waals surface area contributed by atoms with Gasteiger partial charge in [0.15, 0.2) is 11.8 Å². The number of hydrogen-bond acceptors (Lipinski definition) is 7. The van der Waals surface area contributed by atoms with Crippen LogP contribution in [0.5, 0.6) is 0 Å². The number of rotatable bonds is 6. The van der Waals surface area contributed by atoms with E-state index in [-0.39, 0.29) is 0 Å². The highest BCUT2D eigenvalue weighted by Crippen LogP contribution is 2.19. The lowest BCUT2D eigenvalue weighted by Crippen LogP contribution is -2.52. The summed E-state index contributed by atoms with van der Waals surface area (Å²) in [5.41, 5.74) is 1.04. The Morgan fingerprint density at radius 2 is 1.93 bits per heavy atom. The molecule has 0 amide bonds. The van der Waals surface area contributed by atoms with Crippen molar-refractivity contribution in [3.8, 4) is 5.69 Å². The Morgan fingerprint density at radius 1 is 1.13 bits per heavy atom. The normalized spacial score (nSPS) is 14.9. The molecule has 0 unspecified atom stereocenters. The third-order valence-electron chi connectivity index (χ3n) is 4.98. The van der Waals surface area contributed by atoms with E-state index in [1.807, 2.05) is 34.9 Å². The van der Waals surface area contributed by atoms with Gasteiger partial charge in [-0.3, -0.25) is 4.57 Å². The van der Waals surface area contributed by atoms with Crippen LogP contribution < -0.4 is 10.2 Å². The zero-order valence-electron chi connectivity index (χ0n) is 17.4. The predicted octanol–water partition coefficient (Wildman–Crippen LogP) is 1.97. The van der Waals surface area contributed by atoms with Gasteiger partial charge in [0.25, 0.3) is 0 Å². The molecule has 1 aromatic carbocycles. The number of para-hydroxylation sites is 1. The first-order valence-electron chi connectivity index (χ1n) is 10.3. The lowest BCUT2D eigenvalue weighted by Gasteiger charge is -2.36. The van der Waals surface area contributed by atoms with Crippen LogP contribution in [0.2, 0.25) is 0 Å². The number of benzene rings is 1. The summed E-state index contributed by atoms with van der Waals surface area (Å²) in [5.74, 6) is 2.65. The van der Waals surface area contributed by atoms with E-state index in [4.69, 9.17) is 4.99 Å². The number of hydrogen-bond donors (Lipinski definition) is 1. The lowest BCUT2D eigenvalue weighted by molar-refractivity contribution is 0.372. The molecule has 0 bridgehead atoms. The summed E-state index contributed by atoms with van der Waals surface area (Å²) >= 11 is 1.49. The van der Waals surface area contributed by atoms with Gasteiger partial charge < -0.3 is 15.1 Å². The van der Waals surface area contributed by atoms with Crippen molar-refractivity contribution in [3.63, 3.8) is 0 Å². The second-order valence-electron chi connectivity index (χ2n) is 6.94. The maximum atomic E-state index is 4.85.